The number of para-hydroxylation sites is 1. The minimum absolute atomic E-state index is 0.0510. The third-order valence-corrected chi connectivity index (χ3v) is 2.21. The van der Waals surface area contributed by atoms with Crippen LogP contribution in [0, 0.1) is 0 Å². The number of carbonyl (C=O) groups is 1. The molecular weight excluding hydrogens is 178 g/mol. The molecule has 0 radical (unpaired) electrons. The summed E-state index contributed by atoms with van der Waals surface area (Å²) in [7, 11) is 0. The van der Waals surface area contributed by atoms with Crippen LogP contribution in [0.25, 0.3) is 0 Å². The van der Waals surface area contributed by atoms with Gasteiger partial charge in [0.2, 0.25) is 0 Å². The molecule has 14 heavy (non-hydrogen) atoms. The lowest BCUT2D eigenvalue weighted by Gasteiger charge is -2.17. The molecule has 0 aromatic heterocycles. The van der Waals surface area contributed by atoms with Gasteiger partial charge in [-0.25, -0.2) is 4.79 Å². The summed E-state index contributed by atoms with van der Waals surface area (Å²) in [5.74, 6) is 0. The minimum atomic E-state index is -0.305. The van der Waals surface area contributed by atoms with Crippen LogP contribution in [0.4, 0.5) is 10.5 Å². The highest BCUT2D eigenvalue weighted by Gasteiger charge is 2.31. The molecule has 1 aromatic rings. The summed E-state index contributed by atoms with van der Waals surface area (Å²) in [6.45, 7) is 4.07. The Morgan fingerprint density at radius 1 is 1.43 bits per heavy atom. The second-order valence-corrected chi connectivity index (χ2v) is 3.09. The van der Waals surface area contributed by atoms with Gasteiger partial charge in [0, 0.05) is 5.69 Å². The van der Waals surface area contributed by atoms with E-state index in [1.54, 1.807) is 11.0 Å². The highest BCUT2D eigenvalue weighted by atomic mass is 16.6. The van der Waals surface area contributed by atoms with E-state index in [9.17, 15) is 4.79 Å². The van der Waals surface area contributed by atoms with Crippen molar-refractivity contribution in [1.82, 2.24) is 0 Å². The molecule has 1 heterocycles. The van der Waals surface area contributed by atoms with Gasteiger partial charge in [0.15, 0.2) is 0 Å². The topological polar surface area (TPSA) is 29.5 Å². The number of rotatable bonds is 2. The van der Waals surface area contributed by atoms with Crippen LogP contribution in [0.2, 0.25) is 0 Å². The molecule has 1 aliphatic heterocycles. The van der Waals surface area contributed by atoms with Crippen molar-refractivity contribution in [2.24, 2.45) is 0 Å². The Hall–Kier alpha value is -1.77. The highest BCUT2D eigenvalue weighted by Crippen LogP contribution is 2.22. The summed E-state index contributed by atoms with van der Waals surface area (Å²) in [6, 6.07) is 9.40. The number of anilines is 1. The quantitative estimate of drug-likeness (QED) is 0.667. The van der Waals surface area contributed by atoms with Gasteiger partial charge in [-0.15, -0.1) is 6.58 Å². The zero-order chi connectivity index (χ0) is 9.97. The lowest BCUT2D eigenvalue weighted by Crippen LogP contribution is -2.31. The Bertz CT molecular complexity index is 348. The number of cyclic esters (lactones) is 1. The Labute approximate surface area is 82.6 Å². The van der Waals surface area contributed by atoms with Gasteiger partial charge in [0.05, 0.1) is 6.04 Å². The number of amides is 1. The van der Waals surface area contributed by atoms with Crippen LogP contribution in [0.1, 0.15) is 0 Å². The van der Waals surface area contributed by atoms with Crippen molar-refractivity contribution in [3.05, 3.63) is 43.0 Å². The zero-order valence-electron chi connectivity index (χ0n) is 7.72. The van der Waals surface area contributed by atoms with Crippen molar-refractivity contribution in [2.75, 3.05) is 11.5 Å². The lowest BCUT2D eigenvalue weighted by molar-refractivity contribution is 0.180. The second-order valence-electron chi connectivity index (χ2n) is 3.09. The maximum atomic E-state index is 11.4. The average molecular weight is 189 g/mol. The Morgan fingerprint density at radius 3 is 2.79 bits per heavy atom. The third kappa shape index (κ3) is 1.37. The van der Waals surface area contributed by atoms with Gasteiger partial charge >= 0.3 is 6.09 Å². The molecule has 0 spiro atoms. The minimum Gasteiger partial charge on any atom is -0.447 e. The maximum Gasteiger partial charge on any atom is 0.415 e. The molecule has 3 nitrogen and oxygen atoms in total. The van der Waals surface area contributed by atoms with Crippen LogP contribution in [0.15, 0.2) is 43.0 Å². The molecule has 1 aromatic carbocycles. The first-order chi connectivity index (χ1) is 6.83. The van der Waals surface area contributed by atoms with Gasteiger partial charge in [-0.2, -0.15) is 0 Å². The number of hydrogen-bond donors (Lipinski definition) is 0. The van der Waals surface area contributed by atoms with E-state index in [0.717, 1.165) is 5.69 Å². The molecule has 72 valence electrons. The summed E-state index contributed by atoms with van der Waals surface area (Å²) in [5, 5.41) is 0. The molecule has 1 amide bonds. The number of carbonyl (C=O) groups excluding carboxylic acids is 1. The van der Waals surface area contributed by atoms with E-state index < -0.39 is 0 Å². The fraction of sp³-hybridized carbons (Fsp3) is 0.182. The number of hydrogen-bond acceptors (Lipinski definition) is 2. The van der Waals surface area contributed by atoms with Crippen LogP contribution < -0.4 is 4.90 Å². The molecule has 1 aliphatic rings. The summed E-state index contributed by atoms with van der Waals surface area (Å²) < 4.78 is 4.94. The first-order valence-corrected chi connectivity index (χ1v) is 4.46. The predicted octanol–water partition coefficient (Wildman–Crippen LogP) is 2.20. The Morgan fingerprint density at radius 2 is 2.14 bits per heavy atom. The van der Waals surface area contributed by atoms with Crippen LogP contribution in [0.5, 0.6) is 0 Å². The van der Waals surface area contributed by atoms with E-state index in [0.29, 0.717) is 6.61 Å². The van der Waals surface area contributed by atoms with E-state index in [2.05, 4.69) is 6.58 Å². The molecule has 1 saturated heterocycles. The summed E-state index contributed by atoms with van der Waals surface area (Å²) in [5.41, 5.74) is 0.847. The van der Waals surface area contributed by atoms with E-state index in [1.165, 1.54) is 0 Å². The van der Waals surface area contributed by atoms with Gasteiger partial charge < -0.3 is 4.74 Å². The maximum absolute atomic E-state index is 11.4. The van der Waals surface area contributed by atoms with Gasteiger partial charge in [0.1, 0.15) is 6.61 Å². The Balaban J connectivity index is 2.32. The monoisotopic (exact) mass is 189 g/mol. The number of nitrogens with zero attached hydrogens (tertiary/aromatic N) is 1. The van der Waals surface area contributed by atoms with Crippen LogP contribution in [0.3, 0.4) is 0 Å². The molecule has 1 atom stereocenters. The van der Waals surface area contributed by atoms with E-state index in [4.69, 9.17) is 4.74 Å². The van der Waals surface area contributed by atoms with E-state index in [1.807, 2.05) is 30.3 Å². The summed E-state index contributed by atoms with van der Waals surface area (Å²) in [6.07, 6.45) is 1.42. The number of benzene rings is 1. The molecule has 0 aliphatic carbocycles. The molecule has 0 bridgehead atoms. The standard InChI is InChI=1S/C11H11NO2/c1-2-9-8-14-11(13)12(9)10-6-4-3-5-7-10/h2-7,9H,1,8H2. The molecule has 0 saturated carbocycles. The molecule has 2 rings (SSSR count). The molecular formula is C11H11NO2. The largest absolute Gasteiger partial charge is 0.447 e. The molecule has 3 heteroatoms. The first-order valence-electron chi connectivity index (χ1n) is 4.46. The average Bonchev–Trinajstić information content (AvgIpc) is 2.61. The van der Waals surface area contributed by atoms with Crippen LogP contribution in [-0.4, -0.2) is 18.7 Å². The fourth-order valence-electron chi connectivity index (χ4n) is 1.50. The van der Waals surface area contributed by atoms with Crippen molar-refractivity contribution in [2.45, 2.75) is 6.04 Å². The zero-order valence-corrected chi connectivity index (χ0v) is 7.72. The SMILES string of the molecule is C=CC1COC(=O)N1c1ccccc1. The second kappa shape index (κ2) is 3.54. The van der Waals surface area contributed by atoms with Crippen LogP contribution >= 0.6 is 0 Å². The van der Waals surface area contributed by atoms with Crippen LogP contribution in [-0.2, 0) is 4.74 Å². The van der Waals surface area contributed by atoms with Crippen molar-refractivity contribution >= 4 is 11.8 Å². The van der Waals surface area contributed by atoms with Crippen molar-refractivity contribution in [3.8, 4) is 0 Å². The van der Waals surface area contributed by atoms with E-state index >= 15 is 0 Å². The summed E-state index contributed by atoms with van der Waals surface area (Å²) in [4.78, 5) is 13.0. The van der Waals surface area contributed by atoms with Gasteiger partial charge in [-0.05, 0) is 12.1 Å². The summed E-state index contributed by atoms with van der Waals surface area (Å²) >= 11 is 0. The first kappa shape index (κ1) is 8.81. The Kier molecular flexibility index (Phi) is 2.23. The highest BCUT2D eigenvalue weighted by molar-refractivity contribution is 5.90. The van der Waals surface area contributed by atoms with Crippen molar-refractivity contribution < 1.29 is 9.53 Å². The number of ether oxygens (including phenoxy) is 1. The van der Waals surface area contributed by atoms with Gasteiger partial charge in [0.25, 0.3) is 0 Å². The molecule has 0 N–H and O–H groups in total. The normalized spacial score (nSPS) is 20.7. The van der Waals surface area contributed by atoms with Crippen molar-refractivity contribution in [3.63, 3.8) is 0 Å². The third-order valence-electron chi connectivity index (χ3n) is 2.21. The predicted molar refractivity (Wildman–Crippen MR) is 54.3 cm³/mol. The fourth-order valence-corrected chi connectivity index (χ4v) is 1.50. The molecule has 1 fully saturated rings. The van der Waals surface area contributed by atoms with Gasteiger partial charge in [-0.1, -0.05) is 24.3 Å². The van der Waals surface area contributed by atoms with E-state index in [-0.39, 0.29) is 12.1 Å². The lowest BCUT2D eigenvalue weighted by atomic mass is 10.2. The van der Waals surface area contributed by atoms with Crippen molar-refractivity contribution in [1.29, 1.82) is 0 Å². The smallest absolute Gasteiger partial charge is 0.415 e. The van der Waals surface area contributed by atoms with Gasteiger partial charge in [-0.3, -0.25) is 4.90 Å². The molecule has 1 unspecified atom stereocenters.